The van der Waals surface area contributed by atoms with Gasteiger partial charge in [0.2, 0.25) is 0 Å². The Morgan fingerprint density at radius 1 is 1.33 bits per heavy atom. The van der Waals surface area contributed by atoms with Gasteiger partial charge in [0, 0.05) is 24.3 Å². The zero-order chi connectivity index (χ0) is 13.0. The molecule has 0 radical (unpaired) electrons. The maximum atomic E-state index is 12.0. The van der Waals surface area contributed by atoms with Crippen LogP contribution in [0.2, 0.25) is 0 Å². The van der Waals surface area contributed by atoms with E-state index in [4.69, 9.17) is 0 Å². The van der Waals surface area contributed by atoms with Crippen molar-refractivity contribution < 1.29 is 0 Å². The molecule has 0 aliphatic heterocycles. The smallest absolute Gasteiger partial charge is 0.250 e. The molecule has 0 saturated heterocycles. The van der Waals surface area contributed by atoms with Crippen LogP contribution in [-0.2, 0) is 19.4 Å². The Balaban J connectivity index is 2.17. The fourth-order valence-corrected chi connectivity index (χ4v) is 2.74. The van der Waals surface area contributed by atoms with Crippen LogP contribution in [0.1, 0.15) is 44.4 Å². The summed E-state index contributed by atoms with van der Waals surface area (Å²) in [6, 6.07) is 4.16. The first-order chi connectivity index (χ1) is 8.76. The maximum Gasteiger partial charge on any atom is 0.250 e. The van der Waals surface area contributed by atoms with E-state index in [1.807, 2.05) is 10.6 Å². The Kier molecular flexibility index (Phi) is 4.59. The molecular weight excluding hydrogens is 224 g/mol. The lowest BCUT2D eigenvalue weighted by molar-refractivity contribution is 0.425. The van der Waals surface area contributed by atoms with Gasteiger partial charge in [0.05, 0.1) is 0 Å². The average Bonchev–Trinajstić information content (AvgIpc) is 2.85. The number of rotatable bonds is 6. The molecule has 1 aromatic heterocycles. The topological polar surface area (TPSA) is 34.0 Å². The molecule has 1 unspecified atom stereocenters. The Morgan fingerprint density at radius 2 is 2.17 bits per heavy atom. The molecule has 0 fully saturated rings. The van der Waals surface area contributed by atoms with E-state index >= 15 is 0 Å². The number of fused-ring (bicyclic) bond motifs is 1. The molecule has 18 heavy (non-hydrogen) atoms. The third kappa shape index (κ3) is 2.83. The van der Waals surface area contributed by atoms with Crippen LogP contribution in [0.5, 0.6) is 0 Å². The van der Waals surface area contributed by atoms with Crippen LogP contribution in [0.15, 0.2) is 16.9 Å². The summed E-state index contributed by atoms with van der Waals surface area (Å²) in [5.41, 5.74) is 2.81. The van der Waals surface area contributed by atoms with E-state index in [9.17, 15) is 4.79 Å². The predicted octanol–water partition coefficient (Wildman–Crippen LogP) is 2.12. The summed E-state index contributed by atoms with van der Waals surface area (Å²) in [6.45, 7) is 6.20. The summed E-state index contributed by atoms with van der Waals surface area (Å²) < 4.78 is 2.00. The van der Waals surface area contributed by atoms with E-state index in [1.54, 1.807) is 6.07 Å². The molecule has 0 aromatic carbocycles. The maximum absolute atomic E-state index is 12.0. The van der Waals surface area contributed by atoms with Crippen LogP contribution in [-0.4, -0.2) is 17.2 Å². The Bertz CT molecular complexity index is 450. The van der Waals surface area contributed by atoms with Crippen molar-refractivity contribution in [3.05, 3.63) is 33.7 Å². The lowest BCUT2D eigenvalue weighted by Gasteiger charge is -2.20. The lowest BCUT2D eigenvalue weighted by atomic mass is 10.1. The summed E-state index contributed by atoms with van der Waals surface area (Å²) in [7, 11) is 0. The molecule has 1 aliphatic carbocycles. The van der Waals surface area contributed by atoms with E-state index in [1.165, 1.54) is 17.7 Å². The molecule has 1 aromatic rings. The third-order valence-corrected chi connectivity index (χ3v) is 3.83. The summed E-state index contributed by atoms with van der Waals surface area (Å²) >= 11 is 0. The van der Waals surface area contributed by atoms with Crippen molar-refractivity contribution >= 4 is 0 Å². The Hall–Kier alpha value is -1.09. The minimum atomic E-state index is 0.160. The molecule has 1 atom stereocenters. The van der Waals surface area contributed by atoms with E-state index in [0.29, 0.717) is 6.04 Å². The fraction of sp³-hybridized carbons (Fsp3) is 0.667. The van der Waals surface area contributed by atoms with Gasteiger partial charge in [-0.15, -0.1) is 0 Å². The van der Waals surface area contributed by atoms with Crippen LogP contribution in [0.4, 0.5) is 0 Å². The molecule has 1 heterocycles. The summed E-state index contributed by atoms with van der Waals surface area (Å²) in [6.07, 6.45) is 5.59. The second-order valence-electron chi connectivity index (χ2n) is 5.17. The van der Waals surface area contributed by atoms with E-state index in [-0.39, 0.29) is 5.56 Å². The average molecular weight is 248 g/mol. The van der Waals surface area contributed by atoms with Crippen LogP contribution >= 0.6 is 0 Å². The number of hydrogen-bond donors (Lipinski definition) is 1. The van der Waals surface area contributed by atoms with Gasteiger partial charge in [-0.1, -0.05) is 19.9 Å². The summed E-state index contributed by atoms with van der Waals surface area (Å²) in [4.78, 5) is 12.0. The molecule has 0 amide bonds. The van der Waals surface area contributed by atoms with Gasteiger partial charge in [-0.3, -0.25) is 4.79 Å². The van der Waals surface area contributed by atoms with Crippen molar-refractivity contribution in [3.8, 4) is 0 Å². The first kappa shape index (κ1) is 13.3. The summed E-state index contributed by atoms with van der Waals surface area (Å²) in [5.74, 6) is 0. The number of pyridine rings is 1. The normalized spacial score (nSPS) is 15.7. The first-order valence-electron chi connectivity index (χ1n) is 7.21. The molecule has 0 saturated carbocycles. The summed E-state index contributed by atoms with van der Waals surface area (Å²) in [5, 5.41) is 3.53. The second-order valence-corrected chi connectivity index (χ2v) is 5.17. The SMILES string of the molecule is CCCNC(CC)Cn1c2c(ccc1=O)CCC2. The number of aromatic nitrogens is 1. The molecule has 1 aliphatic rings. The van der Waals surface area contributed by atoms with Gasteiger partial charge in [-0.05, 0) is 44.2 Å². The molecule has 0 bridgehead atoms. The molecule has 2 rings (SSSR count). The highest BCUT2D eigenvalue weighted by Crippen LogP contribution is 2.20. The van der Waals surface area contributed by atoms with Crippen LogP contribution in [0.25, 0.3) is 0 Å². The highest BCUT2D eigenvalue weighted by atomic mass is 16.1. The predicted molar refractivity (Wildman–Crippen MR) is 75.1 cm³/mol. The quantitative estimate of drug-likeness (QED) is 0.836. The van der Waals surface area contributed by atoms with Crippen molar-refractivity contribution in [2.75, 3.05) is 6.54 Å². The molecule has 1 N–H and O–H groups in total. The van der Waals surface area contributed by atoms with Gasteiger partial charge in [0.1, 0.15) is 0 Å². The van der Waals surface area contributed by atoms with Crippen LogP contribution in [0.3, 0.4) is 0 Å². The zero-order valence-corrected chi connectivity index (χ0v) is 11.5. The third-order valence-electron chi connectivity index (χ3n) is 3.83. The molecule has 0 spiro atoms. The van der Waals surface area contributed by atoms with Crippen LogP contribution in [0, 0.1) is 0 Å². The van der Waals surface area contributed by atoms with Gasteiger partial charge in [0.25, 0.3) is 5.56 Å². The van der Waals surface area contributed by atoms with E-state index in [2.05, 4.69) is 19.2 Å². The number of aryl methyl sites for hydroxylation is 1. The highest BCUT2D eigenvalue weighted by Gasteiger charge is 2.17. The number of nitrogens with one attached hydrogen (secondary N) is 1. The Labute approximate surface area is 109 Å². The monoisotopic (exact) mass is 248 g/mol. The zero-order valence-electron chi connectivity index (χ0n) is 11.5. The van der Waals surface area contributed by atoms with Gasteiger partial charge < -0.3 is 9.88 Å². The first-order valence-corrected chi connectivity index (χ1v) is 7.21. The van der Waals surface area contributed by atoms with Crippen molar-refractivity contribution in [1.29, 1.82) is 0 Å². The molecule has 3 nitrogen and oxygen atoms in total. The van der Waals surface area contributed by atoms with Gasteiger partial charge >= 0.3 is 0 Å². The van der Waals surface area contributed by atoms with Crippen molar-refractivity contribution in [3.63, 3.8) is 0 Å². The minimum absolute atomic E-state index is 0.160. The van der Waals surface area contributed by atoms with Crippen LogP contribution < -0.4 is 10.9 Å². The fourth-order valence-electron chi connectivity index (χ4n) is 2.74. The van der Waals surface area contributed by atoms with Crippen molar-refractivity contribution in [2.45, 2.75) is 58.5 Å². The standard InChI is InChI=1S/C15H24N2O/c1-3-10-16-13(4-2)11-17-14-7-5-6-12(14)8-9-15(17)18/h8-9,13,16H,3-7,10-11H2,1-2H3. The van der Waals surface area contributed by atoms with Gasteiger partial charge in [-0.25, -0.2) is 0 Å². The highest BCUT2D eigenvalue weighted by molar-refractivity contribution is 5.25. The largest absolute Gasteiger partial charge is 0.312 e. The van der Waals surface area contributed by atoms with Crippen molar-refractivity contribution in [2.24, 2.45) is 0 Å². The lowest BCUT2D eigenvalue weighted by Crippen LogP contribution is -2.37. The minimum Gasteiger partial charge on any atom is -0.312 e. The van der Waals surface area contributed by atoms with E-state index in [0.717, 1.165) is 38.8 Å². The Morgan fingerprint density at radius 3 is 2.89 bits per heavy atom. The number of hydrogen-bond acceptors (Lipinski definition) is 2. The van der Waals surface area contributed by atoms with Crippen molar-refractivity contribution in [1.82, 2.24) is 9.88 Å². The second kappa shape index (κ2) is 6.19. The van der Waals surface area contributed by atoms with Gasteiger partial charge in [-0.2, -0.15) is 0 Å². The molecular formula is C15H24N2O. The van der Waals surface area contributed by atoms with Gasteiger partial charge in [0.15, 0.2) is 0 Å². The number of nitrogens with zero attached hydrogens (tertiary/aromatic N) is 1. The molecule has 3 heteroatoms. The van der Waals surface area contributed by atoms with E-state index < -0.39 is 0 Å². The molecule has 100 valence electrons.